The van der Waals surface area contributed by atoms with Crippen LogP contribution in [-0.4, -0.2) is 18.4 Å². The predicted molar refractivity (Wildman–Crippen MR) is 49.2 cm³/mol. The summed E-state index contributed by atoms with van der Waals surface area (Å²) in [7, 11) is 0. The third kappa shape index (κ3) is 1.01. The highest BCUT2D eigenvalue weighted by atomic mass is 16.7. The monoisotopic (exact) mass is 193 g/mol. The van der Waals surface area contributed by atoms with Crippen LogP contribution < -0.4 is 14.8 Å². The van der Waals surface area contributed by atoms with Gasteiger partial charge in [-0.05, 0) is 11.6 Å². The summed E-state index contributed by atoms with van der Waals surface area (Å²) in [6, 6.07) is 3.77. The smallest absolute Gasteiger partial charge is 0.231 e. The van der Waals surface area contributed by atoms with Crippen LogP contribution in [0.3, 0.4) is 0 Å². The highest BCUT2D eigenvalue weighted by Crippen LogP contribution is 2.40. The van der Waals surface area contributed by atoms with E-state index in [0.717, 1.165) is 29.2 Å². The molecule has 1 atom stereocenters. The number of benzene rings is 1. The van der Waals surface area contributed by atoms with Crippen molar-refractivity contribution in [2.75, 3.05) is 13.3 Å². The SMILES string of the molecule is OC1CNCc2c1ccc1c2OCO1. The third-order valence-electron chi connectivity index (χ3n) is 2.68. The number of aliphatic hydroxyl groups is 1. The van der Waals surface area contributed by atoms with Crippen LogP contribution in [0.4, 0.5) is 0 Å². The van der Waals surface area contributed by atoms with Crippen LogP contribution in [0, 0.1) is 0 Å². The van der Waals surface area contributed by atoms with E-state index < -0.39 is 6.10 Å². The van der Waals surface area contributed by atoms with Crippen molar-refractivity contribution in [2.24, 2.45) is 0 Å². The second-order valence-electron chi connectivity index (χ2n) is 3.51. The molecule has 2 N–H and O–H groups in total. The Labute approximate surface area is 81.5 Å². The summed E-state index contributed by atoms with van der Waals surface area (Å²) < 4.78 is 10.6. The van der Waals surface area contributed by atoms with Gasteiger partial charge in [-0.1, -0.05) is 6.07 Å². The summed E-state index contributed by atoms with van der Waals surface area (Å²) in [6.07, 6.45) is -0.437. The van der Waals surface area contributed by atoms with Crippen molar-refractivity contribution < 1.29 is 14.6 Å². The molecule has 0 aliphatic carbocycles. The molecule has 3 rings (SSSR count). The fourth-order valence-electron chi connectivity index (χ4n) is 1.98. The molecule has 2 heterocycles. The molecule has 4 heteroatoms. The minimum absolute atomic E-state index is 0.280. The van der Waals surface area contributed by atoms with Gasteiger partial charge in [0.05, 0.1) is 6.10 Å². The topological polar surface area (TPSA) is 50.7 Å². The standard InChI is InChI=1S/C10H11NO3/c12-8-4-11-3-7-6(8)1-2-9-10(7)14-5-13-9/h1-2,8,11-12H,3-5H2. The van der Waals surface area contributed by atoms with Crippen LogP contribution in [0.15, 0.2) is 12.1 Å². The van der Waals surface area contributed by atoms with E-state index in [1.165, 1.54) is 0 Å². The second kappa shape index (κ2) is 2.87. The number of nitrogens with one attached hydrogen (secondary N) is 1. The minimum Gasteiger partial charge on any atom is -0.454 e. The van der Waals surface area contributed by atoms with E-state index in [1.54, 1.807) is 0 Å². The molecule has 14 heavy (non-hydrogen) atoms. The average molecular weight is 193 g/mol. The Bertz CT molecular complexity index is 378. The lowest BCUT2D eigenvalue weighted by molar-refractivity contribution is 0.160. The largest absolute Gasteiger partial charge is 0.454 e. The highest BCUT2D eigenvalue weighted by Gasteiger charge is 2.26. The van der Waals surface area contributed by atoms with Gasteiger partial charge in [-0.15, -0.1) is 0 Å². The Hall–Kier alpha value is -1.26. The molecule has 0 saturated heterocycles. The fourth-order valence-corrected chi connectivity index (χ4v) is 1.98. The van der Waals surface area contributed by atoms with Gasteiger partial charge in [0.2, 0.25) is 6.79 Å². The van der Waals surface area contributed by atoms with Crippen molar-refractivity contribution in [1.82, 2.24) is 5.32 Å². The maximum Gasteiger partial charge on any atom is 0.231 e. The Kier molecular flexibility index (Phi) is 1.65. The lowest BCUT2D eigenvalue weighted by atomic mass is 9.97. The van der Waals surface area contributed by atoms with E-state index in [-0.39, 0.29) is 6.79 Å². The lowest BCUT2D eigenvalue weighted by Crippen LogP contribution is -2.28. The first-order chi connectivity index (χ1) is 6.86. The third-order valence-corrected chi connectivity index (χ3v) is 2.68. The van der Waals surface area contributed by atoms with Crippen molar-refractivity contribution in [2.45, 2.75) is 12.6 Å². The Morgan fingerprint density at radius 3 is 3.21 bits per heavy atom. The van der Waals surface area contributed by atoms with Crippen LogP contribution >= 0.6 is 0 Å². The first kappa shape index (κ1) is 8.08. The number of ether oxygens (including phenoxy) is 2. The van der Waals surface area contributed by atoms with Gasteiger partial charge >= 0.3 is 0 Å². The van der Waals surface area contributed by atoms with Gasteiger partial charge in [0.15, 0.2) is 11.5 Å². The van der Waals surface area contributed by atoms with Gasteiger partial charge < -0.3 is 19.9 Å². The molecule has 0 amide bonds. The summed E-state index contributed by atoms with van der Waals surface area (Å²) in [6.45, 7) is 1.62. The first-order valence-electron chi connectivity index (χ1n) is 4.66. The lowest BCUT2D eigenvalue weighted by Gasteiger charge is -2.23. The zero-order chi connectivity index (χ0) is 9.54. The molecule has 74 valence electrons. The van der Waals surface area contributed by atoms with Crippen LogP contribution in [0.1, 0.15) is 17.2 Å². The molecule has 1 unspecified atom stereocenters. The van der Waals surface area contributed by atoms with Crippen molar-refractivity contribution in [3.05, 3.63) is 23.3 Å². The second-order valence-corrected chi connectivity index (χ2v) is 3.51. The van der Waals surface area contributed by atoms with E-state index in [4.69, 9.17) is 9.47 Å². The van der Waals surface area contributed by atoms with Gasteiger partial charge in [0, 0.05) is 18.7 Å². The molecule has 0 bridgehead atoms. The van der Waals surface area contributed by atoms with Gasteiger partial charge in [0.1, 0.15) is 0 Å². The highest BCUT2D eigenvalue weighted by molar-refractivity contribution is 5.53. The van der Waals surface area contributed by atoms with Crippen LogP contribution in [0.25, 0.3) is 0 Å². The fraction of sp³-hybridized carbons (Fsp3) is 0.400. The number of hydrogen-bond donors (Lipinski definition) is 2. The van der Waals surface area contributed by atoms with Crippen molar-refractivity contribution in [3.8, 4) is 11.5 Å². The molecule has 0 spiro atoms. The molecule has 2 aliphatic heterocycles. The molecule has 4 nitrogen and oxygen atoms in total. The number of fused-ring (bicyclic) bond motifs is 3. The number of β-amino-alcohol motifs (C(OH)–C–C–N with tert-alkyl or cyclic N) is 1. The molecular weight excluding hydrogens is 182 g/mol. The van der Waals surface area contributed by atoms with E-state index in [1.807, 2.05) is 12.1 Å². The van der Waals surface area contributed by atoms with Crippen LogP contribution in [-0.2, 0) is 6.54 Å². The summed E-state index contributed by atoms with van der Waals surface area (Å²) >= 11 is 0. The number of hydrogen-bond acceptors (Lipinski definition) is 4. The van der Waals surface area contributed by atoms with Crippen molar-refractivity contribution in [1.29, 1.82) is 0 Å². The van der Waals surface area contributed by atoms with Gasteiger partial charge in [-0.25, -0.2) is 0 Å². The summed E-state index contributed by atoms with van der Waals surface area (Å²) in [5.74, 6) is 1.56. The molecule has 0 fully saturated rings. The molecule has 1 aromatic rings. The van der Waals surface area contributed by atoms with Gasteiger partial charge in [-0.2, -0.15) is 0 Å². The van der Waals surface area contributed by atoms with Crippen LogP contribution in [0.2, 0.25) is 0 Å². The Balaban J connectivity index is 2.17. The molecular formula is C10H11NO3. The average Bonchev–Trinajstić information content (AvgIpc) is 2.66. The zero-order valence-corrected chi connectivity index (χ0v) is 7.62. The summed E-state index contributed by atoms with van der Waals surface area (Å²) in [5.41, 5.74) is 1.98. The molecule has 0 saturated carbocycles. The molecule has 0 radical (unpaired) electrons. The minimum atomic E-state index is -0.437. The molecule has 0 aromatic heterocycles. The van der Waals surface area contributed by atoms with Crippen LogP contribution in [0.5, 0.6) is 11.5 Å². The maximum absolute atomic E-state index is 9.73. The van der Waals surface area contributed by atoms with Gasteiger partial charge in [0.25, 0.3) is 0 Å². The Morgan fingerprint density at radius 2 is 2.29 bits per heavy atom. The predicted octanol–water partition coefficient (Wildman–Crippen LogP) is 0.552. The normalized spacial score (nSPS) is 23.4. The maximum atomic E-state index is 9.73. The van der Waals surface area contributed by atoms with E-state index in [2.05, 4.69) is 5.32 Å². The first-order valence-corrected chi connectivity index (χ1v) is 4.66. The van der Waals surface area contributed by atoms with Crippen molar-refractivity contribution >= 4 is 0 Å². The Morgan fingerprint density at radius 1 is 1.36 bits per heavy atom. The number of aliphatic hydroxyl groups excluding tert-OH is 1. The van der Waals surface area contributed by atoms with E-state index >= 15 is 0 Å². The quantitative estimate of drug-likeness (QED) is 0.632. The number of rotatable bonds is 0. The zero-order valence-electron chi connectivity index (χ0n) is 7.62. The molecule has 1 aromatic carbocycles. The summed E-state index contributed by atoms with van der Waals surface area (Å²) in [5, 5.41) is 12.9. The van der Waals surface area contributed by atoms with E-state index in [9.17, 15) is 5.11 Å². The van der Waals surface area contributed by atoms with E-state index in [0.29, 0.717) is 6.54 Å². The summed E-state index contributed by atoms with van der Waals surface area (Å²) in [4.78, 5) is 0. The van der Waals surface area contributed by atoms with Gasteiger partial charge in [-0.3, -0.25) is 0 Å². The van der Waals surface area contributed by atoms with Crippen molar-refractivity contribution in [3.63, 3.8) is 0 Å². The molecule has 2 aliphatic rings.